The summed E-state index contributed by atoms with van der Waals surface area (Å²) in [6.45, 7) is 7.74. The highest BCUT2D eigenvalue weighted by Crippen LogP contribution is 2.37. The van der Waals surface area contributed by atoms with E-state index in [-0.39, 0.29) is 13.2 Å². The number of alkyl halides is 1. The van der Waals surface area contributed by atoms with E-state index < -0.39 is 34.4 Å². The number of ether oxygens (including phenoxy) is 1. The first-order valence-electron chi connectivity index (χ1n) is 9.23. The summed E-state index contributed by atoms with van der Waals surface area (Å²) in [5.41, 5.74) is -1.58. The molecule has 0 spiro atoms. The minimum atomic E-state index is -2.75. The van der Waals surface area contributed by atoms with Crippen LogP contribution in [-0.4, -0.2) is 39.4 Å². The van der Waals surface area contributed by atoms with Crippen molar-refractivity contribution >= 4 is 16.6 Å². The summed E-state index contributed by atoms with van der Waals surface area (Å²) in [5.74, 6) is 0.473. The van der Waals surface area contributed by atoms with Gasteiger partial charge in [-0.2, -0.15) is 0 Å². The van der Waals surface area contributed by atoms with Gasteiger partial charge in [0.2, 0.25) is 0 Å². The normalized spacial score (nSPS) is 27.4. The van der Waals surface area contributed by atoms with E-state index in [9.17, 15) is 8.96 Å². The predicted molar refractivity (Wildman–Crippen MR) is 103 cm³/mol. The molecule has 1 heterocycles. The second-order valence-electron chi connectivity index (χ2n) is 6.89. The molecule has 4 atom stereocenters. The minimum absolute atomic E-state index is 0.0174. The summed E-state index contributed by atoms with van der Waals surface area (Å²) in [6.07, 6.45) is -1.30. The maximum absolute atomic E-state index is 15.0. The minimum Gasteiger partial charge on any atom is -0.426 e. The topological polar surface area (TPSA) is 54.0 Å². The van der Waals surface area contributed by atoms with Crippen molar-refractivity contribution in [2.75, 3.05) is 13.2 Å². The van der Waals surface area contributed by atoms with Gasteiger partial charge in [-0.25, -0.2) is 8.96 Å². The van der Waals surface area contributed by atoms with Crippen LogP contribution in [0.25, 0.3) is 0 Å². The van der Waals surface area contributed by atoms with Gasteiger partial charge < -0.3 is 13.7 Å². The second-order valence-corrected chi connectivity index (χ2v) is 12.6. The molecule has 8 heteroatoms. The summed E-state index contributed by atoms with van der Waals surface area (Å²) in [7, 11) is -4.75. The maximum Gasteiger partial charge on any atom is 0.367 e. The number of rotatable bonds is 10. The Morgan fingerprint density at radius 1 is 1.23 bits per heavy atom. The molecule has 2 rings (SSSR count). The van der Waals surface area contributed by atoms with Crippen LogP contribution in [0.15, 0.2) is 30.3 Å². The molecule has 0 bridgehead atoms. The first kappa shape index (κ1) is 21.6. The molecule has 148 valence electrons. The van der Waals surface area contributed by atoms with Gasteiger partial charge in [-0.05, 0) is 37.2 Å². The molecule has 0 aliphatic carbocycles. The van der Waals surface area contributed by atoms with Crippen LogP contribution in [0.2, 0.25) is 18.1 Å². The summed E-state index contributed by atoms with van der Waals surface area (Å²) >= 11 is 0. The lowest BCUT2D eigenvalue weighted by atomic mass is 10.0. The molecule has 1 aliphatic rings. The fraction of sp³-hybridized carbons (Fsp3) is 0.667. The quantitative estimate of drug-likeness (QED) is 0.406. The van der Waals surface area contributed by atoms with Gasteiger partial charge in [0.05, 0.1) is 13.2 Å². The van der Waals surface area contributed by atoms with Crippen LogP contribution in [0, 0.1) is 0 Å². The van der Waals surface area contributed by atoms with E-state index in [1.54, 1.807) is 24.3 Å². The number of hydrogen-bond donors (Lipinski definition) is 0. The van der Waals surface area contributed by atoms with Crippen LogP contribution < -0.4 is 4.52 Å². The zero-order valence-electron chi connectivity index (χ0n) is 16.0. The molecule has 1 unspecified atom stereocenters. The lowest BCUT2D eigenvalue weighted by Crippen LogP contribution is -2.50. The van der Waals surface area contributed by atoms with E-state index in [0.717, 1.165) is 18.1 Å². The zero-order chi connectivity index (χ0) is 19.2. The number of benzene rings is 1. The van der Waals surface area contributed by atoms with Crippen molar-refractivity contribution in [3.63, 3.8) is 0 Å². The van der Waals surface area contributed by atoms with Gasteiger partial charge in [0.1, 0.15) is 18.0 Å². The molecule has 0 saturated carbocycles. The van der Waals surface area contributed by atoms with Crippen LogP contribution in [-0.2, 0) is 18.3 Å². The number of hydrogen-bond acceptors (Lipinski definition) is 5. The van der Waals surface area contributed by atoms with Crippen molar-refractivity contribution in [1.82, 2.24) is 0 Å². The van der Waals surface area contributed by atoms with Crippen molar-refractivity contribution in [3.8, 4) is 5.75 Å². The van der Waals surface area contributed by atoms with Crippen LogP contribution in [0.3, 0.4) is 0 Å². The van der Waals surface area contributed by atoms with Crippen molar-refractivity contribution in [2.24, 2.45) is 0 Å². The fourth-order valence-electron chi connectivity index (χ4n) is 3.20. The van der Waals surface area contributed by atoms with Crippen LogP contribution in [0.1, 0.15) is 27.7 Å². The summed E-state index contributed by atoms with van der Waals surface area (Å²) in [6, 6.07) is 11.6. The predicted octanol–water partition coefficient (Wildman–Crippen LogP) is 4.99. The molecule has 1 fully saturated rings. The number of halogens is 1. The summed E-state index contributed by atoms with van der Waals surface area (Å²) < 4.78 is 49.5. The van der Waals surface area contributed by atoms with Crippen LogP contribution >= 0.6 is 8.25 Å². The third kappa shape index (κ3) is 5.39. The van der Waals surface area contributed by atoms with E-state index >= 15 is 0 Å². The standard InChI is InChI=1S/C18H30FO5PSi/c1-5-26(6-2,7-3)24-17-16(21-14-18(17,4)19)13-22-25(20)23-15-11-9-8-10-12-15/h8-12,16-17,25H,5-7,13-14H2,1-4H3/t16-,17-,18+/m1/s1. The monoisotopic (exact) mass is 404 g/mol. The molecule has 0 N–H and O–H groups in total. The maximum atomic E-state index is 15.0. The average Bonchev–Trinajstić information content (AvgIpc) is 2.92. The molecule has 0 aromatic heterocycles. The fourth-order valence-corrected chi connectivity index (χ4v) is 6.82. The van der Waals surface area contributed by atoms with E-state index in [4.69, 9.17) is 18.2 Å². The van der Waals surface area contributed by atoms with Gasteiger partial charge in [0.15, 0.2) is 14.0 Å². The Morgan fingerprint density at radius 3 is 2.42 bits per heavy atom. The van der Waals surface area contributed by atoms with E-state index in [1.807, 2.05) is 6.07 Å². The Morgan fingerprint density at radius 2 is 1.85 bits per heavy atom. The van der Waals surface area contributed by atoms with E-state index in [0.29, 0.717) is 5.75 Å². The molecule has 1 aromatic carbocycles. The van der Waals surface area contributed by atoms with Gasteiger partial charge in [-0.15, -0.1) is 0 Å². The Labute approximate surface area is 157 Å². The molecular formula is C18H30FO5PSi. The molecule has 0 radical (unpaired) electrons. The SMILES string of the molecule is CC[Si](CC)(CC)O[C@@H]1[C@@H](CO[PH](=O)Oc2ccccc2)OC[C@]1(C)F. The lowest BCUT2D eigenvalue weighted by molar-refractivity contribution is 0.00400. The Hall–Kier alpha value is -0.723. The molecule has 0 amide bonds. The average molecular weight is 404 g/mol. The molecule has 1 saturated heterocycles. The zero-order valence-corrected chi connectivity index (χ0v) is 18.0. The molecule has 5 nitrogen and oxygen atoms in total. The Kier molecular flexibility index (Phi) is 7.86. The molecule has 1 aromatic rings. The lowest BCUT2D eigenvalue weighted by Gasteiger charge is -2.36. The van der Waals surface area contributed by atoms with Gasteiger partial charge in [0, 0.05) is 0 Å². The highest BCUT2D eigenvalue weighted by molar-refractivity contribution is 7.33. The highest BCUT2D eigenvalue weighted by atomic mass is 31.1. The van der Waals surface area contributed by atoms with Crippen molar-refractivity contribution < 1.29 is 27.2 Å². The molecule has 1 aliphatic heterocycles. The third-order valence-electron chi connectivity index (χ3n) is 5.13. The molecule has 26 heavy (non-hydrogen) atoms. The van der Waals surface area contributed by atoms with Crippen molar-refractivity contribution in [2.45, 2.75) is 63.7 Å². The number of para-hydroxylation sites is 1. The van der Waals surface area contributed by atoms with Crippen molar-refractivity contribution in [3.05, 3.63) is 30.3 Å². The smallest absolute Gasteiger partial charge is 0.367 e. The van der Waals surface area contributed by atoms with E-state index in [2.05, 4.69) is 20.8 Å². The largest absolute Gasteiger partial charge is 0.426 e. The van der Waals surface area contributed by atoms with E-state index in [1.165, 1.54) is 6.92 Å². The first-order valence-corrected chi connectivity index (χ1v) is 13.0. The first-order chi connectivity index (χ1) is 12.4. The van der Waals surface area contributed by atoms with Crippen LogP contribution in [0.4, 0.5) is 4.39 Å². The second kappa shape index (κ2) is 9.47. The van der Waals surface area contributed by atoms with Crippen molar-refractivity contribution in [1.29, 1.82) is 0 Å². The third-order valence-corrected chi connectivity index (χ3v) is 10.6. The molecular weight excluding hydrogens is 374 g/mol. The van der Waals surface area contributed by atoms with Gasteiger partial charge in [-0.3, -0.25) is 4.52 Å². The Bertz CT molecular complexity index is 574. The summed E-state index contributed by atoms with van der Waals surface area (Å²) in [4.78, 5) is 0. The highest BCUT2D eigenvalue weighted by Gasteiger charge is 2.51. The van der Waals surface area contributed by atoms with Crippen LogP contribution in [0.5, 0.6) is 5.75 Å². The summed E-state index contributed by atoms with van der Waals surface area (Å²) in [5, 5.41) is 0. The van der Waals surface area contributed by atoms with Gasteiger partial charge >= 0.3 is 8.25 Å². The Balaban J connectivity index is 1.97. The van der Waals surface area contributed by atoms with Gasteiger partial charge in [0.25, 0.3) is 0 Å². The van der Waals surface area contributed by atoms with Gasteiger partial charge in [-0.1, -0.05) is 39.0 Å².